The van der Waals surface area contributed by atoms with Crippen LogP contribution in [0.3, 0.4) is 0 Å². The molecule has 2 N–H and O–H groups in total. The fraction of sp³-hybridized carbons (Fsp3) is 0.300. The number of hydrogen-bond donors (Lipinski definition) is 2. The second-order valence-electron chi connectivity index (χ2n) is 3.38. The van der Waals surface area contributed by atoms with E-state index < -0.39 is 9.84 Å². The average molecular weight is 279 g/mol. The molecule has 5 nitrogen and oxygen atoms in total. The number of likely N-dealkylation sites (N-methyl/N-ethyl adjacent to an activating group) is 1. The molecule has 0 aliphatic rings. The second-order valence-corrected chi connectivity index (χ2v) is 5.39. The first-order chi connectivity index (χ1) is 7.43. The number of halogens is 1. The molecule has 1 aromatic rings. The Balaban J connectivity index is 0.00000256. The number of sulfone groups is 1. The molecule has 0 fully saturated rings. The minimum atomic E-state index is -3.24. The lowest BCUT2D eigenvalue weighted by atomic mass is 10.3. The molecule has 1 rings (SSSR count). The van der Waals surface area contributed by atoms with Crippen LogP contribution in [-0.4, -0.2) is 34.2 Å². The van der Waals surface area contributed by atoms with Gasteiger partial charge in [0.05, 0.1) is 11.4 Å². The first-order valence-electron chi connectivity index (χ1n) is 4.68. The maximum absolute atomic E-state index is 11.3. The predicted octanol–water partition coefficient (Wildman–Crippen LogP) is 0.670. The third kappa shape index (κ3) is 5.16. The van der Waals surface area contributed by atoms with Crippen LogP contribution >= 0.6 is 12.4 Å². The molecule has 0 atom stereocenters. The van der Waals surface area contributed by atoms with Gasteiger partial charge in [-0.05, 0) is 25.2 Å². The summed E-state index contributed by atoms with van der Waals surface area (Å²) in [4.78, 5) is 11.4. The van der Waals surface area contributed by atoms with E-state index in [1.165, 1.54) is 12.1 Å². The van der Waals surface area contributed by atoms with Crippen LogP contribution in [0, 0.1) is 0 Å². The molecule has 0 saturated carbocycles. The molecule has 96 valence electrons. The number of anilines is 1. The van der Waals surface area contributed by atoms with E-state index >= 15 is 0 Å². The molecule has 0 aliphatic heterocycles. The predicted molar refractivity (Wildman–Crippen MR) is 69.4 cm³/mol. The number of nitrogens with one attached hydrogen (secondary N) is 2. The third-order valence-electron chi connectivity index (χ3n) is 1.88. The molecule has 1 aromatic carbocycles. The van der Waals surface area contributed by atoms with Gasteiger partial charge in [-0.2, -0.15) is 0 Å². The van der Waals surface area contributed by atoms with E-state index in [1.807, 2.05) is 0 Å². The molecular weight excluding hydrogens is 264 g/mol. The number of carbonyl (C=O) groups is 1. The van der Waals surface area contributed by atoms with E-state index in [9.17, 15) is 13.2 Å². The first-order valence-corrected chi connectivity index (χ1v) is 6.57. The number of rotatable bonds is 4. The Bertz CT molecular complexity index is 488. The van der Waals surface area contributed by atoms with Gasteiger partial charge in [-0.25, -0.2) is 8.42 Å². The van der Waals surface area contributed by atoms with Crippen LogP contribution in [0.5, 0.6) is 0 Å². The topological polar surface area (TPSA) is 75.3 Å². The molecule has 0 unspecified atom stereocenters. The number of benzene rings is 1. The first kappa shape index (κ1) is 15.9. The zero-order valence-electron chi connectivity index (χ0n) is 9.56. The molecule has 1 amide bonds. The van der Waals surface area contributed by atoms with Gasteiger partial charge in [-0.1, -0.05) is 6.07 Å². The minimum Gasteiger partial charge on any atom is -0.325 e. The van der Waals surface area contributed by atoms with E-state index in [-0.39, 0.29) is 29.8 Å². The Morgan fingerprint density at radius 3 is 2.53 bits per heavy atom. The van der Waals surface area contributed by atoms with Gasteiger partial charge in [0.15, 0.2) is 9.84 Å². The van der Waals surface area contributed by atoms with Crippen molar-refractivity contribution in [3.05, 3.63) is 24.3 Å². The van der Waals surface area contributed by atoms with Gasteiger partial charge in [0.1, 0.15) is 0 Å². The molecule has 0 heterocycles. The quantitative estimate of drug-likeness (QED) is 0.849. The zero-order valence-corrected chi connectivity index (χ0v) is 11.2. The van der Waals surface area contributed by atoms with Crippen molar-refractivity contribution in [3.8, 4) is 0 Å². The van der Waals surface area contributed by atoms with Crippen LogP contribution in [-0.2, 0) is 14.6 Å². The van der Waals surface area contributed by atoms with Crippen LogP contribution in [0.1, 0.15) is 0 Å². The highest BCUT2D eigenvalue weighted by Crippen LogP contribution is 2.14. The number of amides is 1. The summed E-state index contributed by atoms with van der Waals surface area (Å²) in [5, 5.41) is 5.29. The van der Waals surface area contributed by atoms with E-state index in [0.717, 1.165) is 6.26 Å². The Morgan fingerprint density at radius 2 is 2.00 bits per heavy atom. The van der Waals surface area contributed by atoms with Gasteiger partial charge in [0, 0.05) is 11.9 Å². The van der Waals surface area contributed by atoms with Crippen molar-refractivity contribution in [1.29, 1.82) is 0 Å². The molecule has 7 heteroatoms. The highest BCUT2D eigenvalue weighted by atomic mass is 35.5. The number of hydrogen-bond acceptors (Lipinski definition) is 4. The molecule has 0 bridgehead atoms. The van der Waals surface area contributed by atoms with Crippen molar-refractivity contribution in [2.75, 3.05) is 25.2 Å². The summed E-state index contributed by atoms with van der Waals surface area (Å²) in [7, 11) is -1.58. The third-order valence-corrected chi connectivity index (χ3v) is 2.99. The van der Waals surface area contributed by atoms with Crippen LogP contribution in [0.2, 0.25) is 0 Å². The lowest BCUT2D eigenvalue weighted by molar-refractivity contribution is -0.115. The summed E-state index contributed by atoms with van der Waals surface area (Å²) in [6.45, 7) is 0.184. The summed E-state index contributed by atoms with van der Waals surface area (Å²) in [6.07, 6.45) is 1.13. The SMILES string of the molecule is CNCC(=O)Nc1cccc(S(C)(=O)=O)c1.Cl. The van der Waals surface area contributed by atoms with Crippen LogP contribution in [0.15, 0.2) is 29.2 Å². The van der Waals surface area contributed by atoms with E-state index in [2.05, 4.69) is 10.6 Å². The standard InChI is InChI=1S/C10H14N2O3S.ClH/c1-11-7-10(13)12-8-4-3-5-9(6-8)16(2,14)15;/h3-6,11H,7H2,1-2H3,(H,12,13);1H. The van der Waals surface area contributed by atoms with Gasteiger partial charge in [0.25, 0.3) is 0 Å². The van der Waals surface area contributed by atoms with Gasteiger partial charge in [-0.3, -0.25) is 4.79 Å². The van der Waals surface area contributed by atoms with E-state index in [1.54, 1.807) is 19.2 Å². The van der Waals surface area contributed by atoms with Crippen molar-refractivity contribution in [2.45, 2.75) is 4.90 Å². The summed E-state index contributed by atoms with van der Waals surface area (Å²) in [5.41, 5.74) is 0.475. The van der Waals surface area contributed by atoms with Crippen molar-refractivity contribution >= 4 is 33.8 Å². The van der Waals surface area contributed by atoms with Crippen LogP contribution in [0.4, 0.5) is 5.69 Å². The highest BCUT2D eigenvalue weighted by molar-refractivity contribution is 7.90. The summed E-state index contributed by atoms with van der Waals surface area (Å²) in [6, 6.07) is 6.15. The van der Waals surface area contributed by atoms with Gasteiger partial charge < -0.3 is 10.6 Å². The molecule has 0 aromatic heterocycles. The Morgan fingerprint density at radius 1 is 1.35 bits per heavy atom. The molecule has 0 aliphatic carbocycles. The molecule has 0 saturated heterocycles. The maximum atomic E-state index is 11.3. The van der Waals surface area contributed by atoms with Crippen molar-refractivity contribution in [1.82, 2.24) is 5.32 Å². The van der Waals surface area contributed by atoms with E-state index in [4.69, 9.17) is 0 Å². The zero-order chi connectivity index (χ0) is 12.2. The lowest BCUT2D eigenvalue weighted by Gasteiger charge is -2.06. The van der Waals surface area contributed by atoms with Crippen molar-refractivity contribution < 1.29 is 13.2 Å². The second kappa shape index (κ2) is 6.58. The highest BCUT2D eigenvalue weighted by Gasteiger charge is 2.08. The average Bonchev–Trinajstić information content (AvgIpc) is 2.17. The van der Waals surface area contributed by atoms with Crippen LogP contribution < -0.4 is 10.6 Å². The summed E-state index contributed by atoms with van der Waals surface area (Å²) < 4.78 is 22.5. The molecule has 0 spiro atoms. The van der Waals surface area contributed by atoms with Crippen molar-refractivity contribution in [2.24, 2.45) is 0 Å². The maximum Gasteiger partial charge on any atom is 0.238 e. The smallest absolute Gasteiger partial charge is 0.238 e. The largest absolute Gasteiger partial charge is 0.325 e. The van der Waals surface area contributed by atoms with Crippen molar-refractivity contribution in [3.63, 3.8) is 0 Å². The minimum absolute atomic E-state index is 0. The monoisotopic (exact) mass is 278 g/mol. The molecule has 0 radical (unpaired) electrons. The van der Waals surface area contributed by atoms with Crippen LogP contribution in [0.25, 0.3) is 0 Å². The lowest BCUT2D eigenvalue weighted by Crippen LogP contribution is -2.25. The van der Waals surface area contributed by atoms with E-state index in [0.29, 0.717) is 5.69 Å². The fourth-order valence-electron chi connectivity index (χ4n) is 1.17. The Kier molecular flexibility index (Phi) is 6.15. The summed E-state index contributed by atoms with van der Waals surface area (Å²) >= 11 is 0. The Hall–Kier alpha value is -1.11. The Labute approximate surface area is 107 Å². The molecular formula is C10H15ClN2O3S. The summed E-state index contributed by atoms with van der Waals surface area (Å²) in [5.74, 6) is -0.215. The van der Waals surface area contributed by atoms with Gasteiger partial charge in [-0.15, -0.1) is 12.4 Å². The fourth-order valence-corrected chi connectivity index (χ4v) is 1.84. The number of carbonyl (C=O) groups excluding carboxylic acids is 1. The molecule has 17 heavy (non-hydrogen) atoms. The van der Waals surface area contributed by atoms with Gasteiger partial charge >= 0.3 is 0 Å². The van der Waals surface area contributed by atoms with Gasteiger partial charge in [0.2, 0.25) is 5.91 Å². The normalized spacial score (nSPS) is 10.5.